The van der Waals surface area contributed by atoms with Crippen LogP contribution in [0.1, 0.15) is 16.1 Å². The number of aromatic nitrogens is 1. The SMILES string of the molecule is COC(=O)c1ncc(C(F)(F)F)cc1-c1cccc(OC(F)(F)F)c1. The van der Waals surface area contributed by atoms with Gasteiger partial charge in [-0.3, -0.25) is 0 Å². The number of nitrogens with zero attached hydrogens (tertiary/aromatic N) is 1. The zero-order valence-electron chi connectivity index (χ0n) is 12.4. The van der Waals surface area contributed by atoms with Gasteiger partial charge in [-0.2, -0.15) is 13.2 Å². The maximum Gasteiger partial charge on any atom is 0.573 e. The summed E-state index contributed by atoms with van der Waals surface area (Å²) in [4.78, 5) is 15.1. The smallest absolute Gasteiger partial charge is 0.464 e. The largest absolute Gasteiger partial charge is 0.573 e. The standard InChI is InChI=1S/C15H9F6NO3/c1-24-13(23)12-11(6-9(7-22-12)14(16,17)18)8-3-2-4-10(5-8)25-15(19,20)21/h2-7H,1H3. The lowest BCUT2D eigenvalue weighted by Gasteiger charge is -2.13. The first-order chi connectivity index (χ1) is 11.5. The monoisotopic (exact) mass is 365 g/mol. The minimum atomic E-state index is -4.98. The highest BCUT2D eigenvalue weighted by atomic mass is 19.4. The van der Waals surface area contributed by atoms with Gasteiger partial charge in [0.15, 0.2) is 5.69 Å². The molecule has 0 aliphatic heterocycles. The second-order valence-corrected chi connectivity index (χ2v) is 4.69. The summed E-state index contributed by atoms with van der Waals surface area (Å²) in [5, 5.41) is 0. The lowest BCUT2D eigenvalue weighted by atomic mass is 10.0. The molecule has 0 bridgehead atoms. The van der Waals surface area contributed by atoms with E-state index in [1.54, 1.807) is 0 Å². The summed E-state index contributed by atoms with van der Waals surface area (Å²) in [7, 11) is 0.995. The molecule has 0 fully saturated rings. The van der Waals surface area contributed by atoms with Crippen LogP contribution >= 0.6 is 0 Å². The average Bonchev–Trinajstić information content (AvgIpc) is 2.51. The molecule has 0 amide bonds. The molecule has 25 heavy (non-hydrogen) atoms. The molecule has 0 aliphatic rings. The van der Waals surface area contributed by atoms with E-state index < -0.39 is 35.5 Å². The van der Waals surface area contributed by atoms with E-state index >= 15 is 0 Å². The van der Waals surface area contributed by atoms with Crippen molar-refractivity contribution in [2.45, 2.75) is 12.5 Å². The van der Waals surface area contributed by atoms with Gasteiger partial charge < -0.3 is 9.47 Å². The van der Waals surface area contributed by atoms with E-state index in [1.807, 2.05) is 0 Å². The quantitative estimate of drug-likeness (QED) is 0.596. The van der Waals surface area contributed by atoms with Gasteiger partial charge in [0.1, 0.15) is 5.75 Å². The van der Waals surface area contributed by atoms with Crippen LogP contribution in [0.5, 0.6) is 5.75 Å². The van der Waals surface area contributed by atoms with Crippen LogP contribution in [0.2, 0.25) is 0 Å². The number of methoxy groups -OCH3 is 1. The summed E-state index contributed by atoms with van der Waals surface area (Å²) in [6.07, 6.45) is -9.29. The number of carbonyl (C=O) groups excluding carboxylic acids is 1. The Hall–Kier alpha value is -2.78. The van der Waals surface area contributed by atoms with Gasteiger partial charge >= 0.3 is 18.5 Å². The molecule has 0 saturated heterocycles. The normalized spacial score (nSPS) is 12.0. The first-order valence-electron chi connectivity index (χ1n) is 6.53. The molecule has 1 aromatic heterocycles. The van der Waals surface area contributed by atoms with Crippen molar-refractivity contribution in [1.29, 1.82) is 0 Å². The fraction of sp³-hybridized carbons (Fsp3) is 0.200. The Kier molecular flexibility index (Phi) is 4.91. The van der Waals surface area contributed by atoms with Gasteiger partial charge in [-0.1, -0.05) is 12.1 Å². The molecule has 0 saturated carbocycles. The van der Waals surface area contributed by atoms with Gasteiger partial charge in [0.2, 0.25) is 0 Å². The fourth-order valence-corrected chi connectivity index (χ4v) is 1.96. The van der Waals surface area contributed by atoms with Crippen molar-refractivity contribution in [3.05, 3.63) is 47.8 Å². The van der Waals surface area contributed by atoms with Crippen LogP contribution < -0.4 is 4.74 Å². The summed E-state index contributed by atoms with van der Waals surface area (Å²) in [6.45, 7) is 0. The second-order valence-electron chi connectivity index (χ2n) is 4.69. The number of ether oxygens (including phenoxy) is 2. The van der Waals surface area contributed by atoms with Crippen LogP contribution in [-0.4, -0.2) is 24.4 Å². The van der Waals surface area contributed by atoms with Crippen LogP contribution in [0.4, 0.5) is 26.3 Å². The van der Waals surface area contributed by atoms with E-state index in [9.17, 15) is 31.1 Å². The number of benzene rings is 1. The van der Waals surface area contributed by atoms with E-state index in [2.05, 4.69) is 14.5 Å². The molecule has 2 rings (SSSR count). The Morgan fingerprint density at radius 3 is 2.32 bits per heavy atom. The molecule has 0 N–H and O–H groups in total. The van der Waals surface area contributed by atoms with Crippen molar-refractivity contribution in [2.75, 3.05) is 7.11 Å². The first-order valence-corrected chi connectivity index (χ1v) is 6.53. The molecular weight excluding hydrogens is 356 g/mol. The molecule has 1 aromatic carbocycles. The maximum atomic E-state index is 12.9. The highest BCUT2D eigenvalue weighted by Gasteiger charge is 2.33. The van der Waals surface area contributed by atoms with Crippen LogP contribution in [0.3, 0.4) is 0 Å². The molecule has 10 heteroatoms. The Morgan fingerprint density at radius 2 is 1.76 bits per heavy atom. The van der Waals surface area contributed by atoms with E-state index in [-0.39, 0.29) is 11.1 Å². The summed E-state index contributed by atoms with van der Waals surface area (Å²) in [5.74, 6) is -1.69. The zero-order valence-corrected chi connectivity index (χ0v) is 12.4. The van der Waals surface area contributed by atoms with E-state index in [0.717, 1.165) is 25.3 Å². The van der Waals surface area contributed by atoms with Crippen LogP contribution in [0, 0.1) is 0 Å². The third-order valence-corrected chi connectivity index (χ3v) is 2.97. The van der Waals surface area contributed by atoms with E-state index in [0.29, 0.717) is 12.3 Å². The minimum Gasteiger partial charge on any atom is -0.464 e. The first kappa shape index (κ1) is 18.6. The van der Waals surface area contributed by atoms with Gasteiger partial charge in [0.25, 0.3) is 0 Å². The van der Waals surface area contributed by atoms with E-state index in [1.165, 1.54) is 6.07 Å². The average molecular weight is 365 g/mol. The lowest BCUT2D eigenvalue weighted by Crippen LogP contribution is -2.17. The zero-order chi connectivity index (χ0) is 18.8. The third kappa shape index (κ3) is 4.61. The van der Waals surface area contributed by atoms with Gasteiger partial charge in [-0.25, -0.2) is 9.78 Å². The van der Waals surface area contributed by atoms with Crippen molar-refractivity contribution in [3.8, 4) is 16.9 Å². The minimum absolute atomic E-state index is 0.124. The fourth-order valence-electron chi connectivity index (χ4n) is 1.96. The highest BCUT2D eigenvalue weighted by Crippen LogP contribution is 2.34. The highest BCUT2D eigenvalue weighted by molar-refractivity contribution is 5.95. The van der Waals surface area contributed by atoms with Gasteiger partial charge in [0, 0.05) is 11.8 Å². The summed E-state index contributed by atoms with van der Waals surface area (Å²) >= 11 is 0. The second kappa shape index (κ2) is 6.61. The number of halogens is 6. The Bertz CT molecular complexity index is 786. The van der Waals surface area contributed by atoms with Crippen LogP contribution in [0.15, 0.2) is 36.5 Å². The molecule has 0 spiro atoms. The molecule has 4 nitrogen and oxygen atoms in total. The Labute approximate surface area is 137 Å². The number of alkyl halides is 6. The predicted octanol–water partition coefficient (Wildman–Crippen LogP) is 4.45. The van der Waals surface area contributed by atoms with Crippen LogP contribution in [0.25, 0.3) is 11.1 Å². The third-order valence-electron chi connectivity index (χ3n) is 2.97. The molecular formula is C15H9F6NO3. The molecule has 0 aliphatic carbocycles. The maximum absolute atomic E-state index is 12.9. The summed E-state index contributed by atoms with van der Waals surface area (Å²) in [5.41, 5.74) is -2.10. The van der Waals surface area contributed by atoms with Crippen molar-refractivity contribution in [2.24, 2.45) is 0 Å². The van der Waals surface area contributed by atoms with Gasteiger partial charge in [-0.15, -0.1) is 13.2 Å². The number of hydrogen-bond acceptors (Lipinski definition) is 4. The number of carbonyl (C=O) groups is 1. The molecule has 1 heterocycles. The Balaban J connectivity index is 2.59. The topological polar surface area (TPSA) is 48.4 Å². The summed E-state index contributed by atoms with van der Waals surface area (Å²) < 4.78 is 83.7. The van der Waals surface area contributed by atoms with Crippen molar-refractivity contribution in [1.82, 2.24) is 4.98 Å². The summed E-state index contributed by atoms with van der Waals surface area (Å²) in [6, 6.07) is 4.77. The number of esters is 1. The van der Waals surface area contributed by atoms with Crippen molar-refractivity contribution < 1.29 is 40.6 Å². The number of hydrogen-bond donors (Lipinski definition) is 0. The molecule has 2 aromatic rings. The number of pyridine rings is 1. The predicted molar refractivity (Wildman–Crippen MR) is 72.7 cm³/mol. The van der Waals surface area contributed by atoms with Gasteiger partial charge in [-0.05, 0) is 23.8 Å². The van der Waals surface area contributed by atoms with Crippen molar-refractivity contribution >= 4 is 5.97 Å². The van der Waals surface area contributed by atoms with E-state index in [4.69, 9.17) is 0 Å². The molecule has 0 atom stereocenters. The Morgan fingerprint density at radius 1 is 1.08 bits per heavy atom. The van der Waals surface area contributed by atoms with Gasteiger partial charge in [0.05, 0.1) is 12.7 Å². The molecule has 0 radical (unpaired) electrons. The number of rotatable bonds is 3. The lowest BCUT2D eigenvalue weighted by molar-refractivity contribution is -0.274. The van der Waals surface area contributed by atoms with Crippen molar-refractivity contribution in [3.63, 3.8) is 0 Å². The molecule has 0 unspecified atom stereocenters. The van der Waals surface area contributed by atoms with Crippen LogP contribution in [-0.2, 0) is 10.9 Å². The molecule has 134 valence electrons.